The van der Waals surface area contributed by atoms with Crippen LogP contribution in [-0.4, -0.2) is 24.5 Å². The summed E-state index contributed by atoms with van der Waals surface area (Å²) in [5, 5.41) is 14.1. The van der Waals surface area contributed by atoms with Crippen LogP contribution in [0, 0.1) is 0 Å². The van der Waals surface area contributed by atoms with Gasteiger partial charge in [-0.05, 0) is 0 Å². The number of benzene rings is 1. The lowest BCUT2D eigenvalue weighted by atomic mass is 10.1. The summed E-state index contributed by atoms with van der Waals surface area (Å²) in [6, 6.07) is 2.97. The van der Waals surface area contributed by atoms with Crippen molar-refractivity contribution in [1.29, 1.82) is 0 Å². The minimum atomic E-state index is -0.185. The fourth-order valence-corrected chi connectivity index (χ4v) is 1.88. The van der Waals surface area contributed by atoms with Gasteiger partial charge in [0, 0.05) is 12.1 Å². The summed E-state index contributed by atoms with van der Waals surface area (Å²) in [6.07, 6.45) is 0. The molecular formula is C11H11ClN2O4. The van der Waals surface area contributed by atoms with E-state index in [0.29, 0.717) is 11.4 Å². The van der Waals surface area contributed by atoms with Crippen LogP contribution in [-0.2, 0) is 0 Å². The van der Waals surface area contributed by atoms with Crippen molar-refractivity contribution in [3.8, 4) is 28.5 Å². The summed E-state index contributed by atoms with van der Waals surface area (Å²) < 4.78 is 14.9. The molecule has 0 amide bonds. The standard InChI is InChI=1S/C11H11ClN2O4/c1-16-7-3-5(12)9(10(15)11(7)17-2)6-4-8(13)18-14-6/h3-4,15H,13H2,1-2H3. The van der Waals surface area contributed by atoms with Crippen LogP contribution < -0.4 is 15.2 Å². The molecule has 0 aliphatic heterocycles. The zero-order valence-electron chi connectivity index (χ0n) is 9.73. The fourth-order valence-electron chi connectivity index (χ4n) is 1.60. The van der Waals surface area contributed by atoms with E-state index < -0.39 is 0 Å². The Kier molecular flexibility index (Phi) is 3.20. The molecule has 0 unspecified atom stereocenters. The first-order valence-electron chi connectivity index (χ1n) is 4.94. The molecule has 1 aromatic heterocycles. The number of phenols is 1. The molecule has 7 heteroatoms. The highest BCUT2D eigenvalue weighted by Gasteiger charge is 2.21. The average Bonchev–Trinajstić information content (AvgIpc) is 2.75. The van der Waals surface area contributed by atoms with E-state index in [-0.39, 0.29) is 28.0 Å². The second-order valence-electron chi connectivity index (χ2n) is 3.43. The van der Waals surface area contributed by atoms with Crippen LogP contribution in [0.15, 0.2) is 16.7 Å². The van der Waals surface area contributed by atoms with Gasteiger partial charge >= 0.3 is 0 Å². The number of phenolic OH excluding ortho intramolecular Hbond substituents is 1. The second-order valence-corrected chi connectivity index (χ2v) is 3.84. The number of anilines is 1. The van der Waals surface area contributed by atoms with Gasteiger partial charge in [0.05, 0.1) is 24.8 Å². The van der Waals surface area contributed by atoms with Crippen LogP contribution in [0.2, 0.25) is 5.02 Å². The molecule has 3 N–H and O–H groups in total. The van der Waals surface area contributed by atoms with E-state index in [4.69, 9.17) is 31.3 Å². The van der Waals surface area contributed by atoms with Gasteiger partial charge in [0.25, 0.3) is 0 Å². The number of rotatable bonds is 3. The number of halogens is 1. The van der Waals surface area contributed by atoms with Gasteiger partial charge in [-0.25, -0.2) is 0 Å². The van der Waals surface area contributed by atoms with E-state index >= 15 is 0 Å². The SMILES string of the molecule is COc1cc(Cl)c(-c2cc(N)on2)c(O)c1OC. The van der Waals surface area contributed by atoms with Crippen molar-refractivity contribution in [3.63, 3.8) is 0 Å². The first-order chi connectivity index (χ1) is 8.58. The molecule has 1 heterocycles. The number of aromatic nitrogens is 1. The van der Waals surface area contributed by atoms with E-state index in [2.05, 4.69) is 5.16 Å². The maximum atomic E-state index is 10.1. The van der Waals surface area contributed by atoms with E-state index in [9.17, 15) is 5.11 Å². The number of aromatic hydroxyl groups is 1. The average molecular weight is 271 g/mol. The summed E-state index contributed by atoms with van der Waals surface area (Å²) in [7, 11) is 2.85. The van der Waals surface area contributed by atoms with Crippen LogP contribution in [0.3, 0.4) is 0 Å². The van der Waals surface area contributed by atoms with E-state index in [1.54, 1.807) is 0 Å². The first-order valence-corrected chi connectivity index (χ1v) is 5.32. The summed E-state index contributed by atoms with van der Waals surface area (Å²) in [5.41, 5.74) is 6.02. The fraction of sp³-hybridized carbons (Fsp3) is 0.182. The van der Waals surface area contributed by atoms with Gasteiger partial charge in [-0.2, -0.15) is 0 Å². The van der Waals surface area contributed by atoms with Crippen molar-refractivity contribution in [2.75, 3.05) is 20.0 Å². The van der Waals surface area contributed by atoms with Gasteiger partial charge in [-0.1, -0.05) is 16.8 Å². The molecule has 0 radical (unpaired) electrons. The van der Waals surface area contributed by atoms with Crippen molar-refractivity contribution in [2.24, 2.45) is 0 Å². The highest BCUT2D eigenvalue weighted by molar-refractivity contribution is 6.34. The van der Waals surface area contributed by atoms with Gasteiger partial charge in [-0.3, -0.25) is 0 Å². The molecule has 0 aliphatic rings. The second kappa shape index (κ2) is 4.66. The molecule has 0 saturated heterocycles. The molecule has 2 rings (SSSR count). The Bertz CT molecular complexity index is 583. The summed E-state index contributed by atoms with van der Waals surface area (Å²) in [5.74, 6) is 0.420. The first kappa shape index (κ1) is 12.4. The van der Waals surface area contributed by atoms with Gasteiger partial charge < -0.3 is 24.8 Å². The zero-order valence-corrected chi connectivity index (χ0v) is 10.5. The highest BCUT2D eigenvalue weighted by atomic mass is 35.5. The number of nitrogens with two attached hydrogens (primary N) is 1. The molecule has 0 saturated carbocycles. The molecular weight excluding hydrogens is 260 g/mol. The Balaban J connectivity index is 2.68. The Morgan fingerprint density at radius 2 is 2.06 bits per heavy atom. The quantitative estimate of drug-likeness (QED) is 0.889. The van der Waals surface area contributed by atoms with Crippen LogP contribution in [0.1, 0.15) is 0 Å². The maximum Gasteiger partial charge on any atom is 0.222 e. The zero-order chi connectivity index (χ0) is 13.3. The van der Waals surface area contributed by atoms with Crippen molar-refractivity contribution in [1.82, 2.24) is 5.16 Å². The molecule has 0 aliphatic carbocycles. The molecule has 1 aromatic carbocycles. The normalized spacial score (nSPS) is 10.4. The molecule has 0 spiro atoms. The van der Waals surface area contributed by atoms with Crippen molar-refractivity contribution in [2.45, 2.75) is 0 Å². The minimum Gasteiger partial charge on any atom is -0.504 e. The maximum absolute atomic E-state index is 10.1. The molecule has 18 heavy (non-hydrogen) atoms. The van der Waals surface area contributed by atoms with E-state index in [0.717, 1.165) is 0 Å². The molecule has 0 bridgehead atoms. The topological polar surface area (TPSA) is 90.7 Å². The minimum absolute atomic E-state index is 0.121. The molecule has 2 aromatic rings. The molecule has 6 nitrogen and oxygen atoms in total. The molecule has 0 atom stereocenters. The highest BCUT2D eigenvalue weighted by Crippen LogP contribution is 2.47. The third-order valence-electron chi connectivity index (χ3n) is 2.38. The van der Waals surface area contributed by atoms with Crippen molar-refractivity contribution >= 4 is 17.5 Å². The molecule has 0 fully saturated rings. The van der Waals surface area contributed by atoms with Gasteiger partial charge in [0.1, 0.15) is 5.69 Å². The Morgan fingerprint density at radius 1 is 1.33 bits per heavy atom. The van der Waals surface area contributed by atoms with E-state index in [1.165, 1.54) is 26.4 Å². The Labute approximate surface area is 108 Å². The van der Waals surface area contributed by atoms with Crippen LogP contribution in [0.25, 0.3) is 11.3 Å². The van der Waals surface area contributed by atoms with E-state index in [1.807, 2.05) is 0 Å². The van der Waals surface area contributed by atoms with Crippen molar-refractivity contribution in [3.05, 3.63) is 17.2 Å². The van der Waals surface area contributed by atoms with Crippen LogP contribution in [0.5, 0.6) is 17.2 Å². The van der Waals surface area contributed by atoms with Gasteiger partial charge in [0.15, 0.2) is 11.5 Å². The summed E-state index contributed by atoms with van der Waals surface area (Å²) >= 11 is 6.07. The largest absolute Gasteiger partial charge is 0.504 e. The lowest BCUT2D eigenvalue weighted by Crippen LogP contribution is -1.93. The van der Waals surface area contributed by atoms with Gasteiger partial charge in [0.2, 0.25) is 11.6 Å². The monoisotopic (exact) mass is 270 g/mol. The number of hydrogen-bond acceptors (Lipinski definition) is 6. The van der Waals surface area contributed by atoms with Crippen LogP contribution in [0.4, 0.5) is 5.88 Å². The Hall–Kier alpha value is -2.08. The number of nitrogens with zero attached hydrogens (tertiary/aromatic N) is 1. The summed E-state index contributed by atoms with van der Waals surface area (Å²) in [4.78, 5) is 0. The lowest BCUT2D eigenvalue weighted by molar-refractivity contribution is 0.333. The number of ether oxygens (including phenoxy) is 2. The summed E-state index contributed by atoms with van der Waals surface area (Å²) in [6.45, 7) is 0. The van der Waals surface area contributed by atoms with Crippen molar-refractivity contribution < 1.29 is 19.1 Å². The number of methoxy groups -OCH3 is 2. The molecule has 96 valence electrons. The predicted molar refractivity (Wildman–Crippen MR) is 66.1 cm³/mol. The van der Waals surface area contributed by atoms with Gasteiger partial charge in [-0.15, -0.1) is 0 Å². The Morgan fingerprint density at radius 3 is 2.56 bits per heavy atom. The number of hydrogen-bond donors (Lipinski definition) is 2. The smallest absolute Gasteiger partial charge is 0.222 e. The third kappa shape index (κ3) is 1.91. The predicted octanol–water partition coefficient (Wildman–Crippen LogP) is 2.30. The lowest BCUT2D eigenvalue weighted by Gasteiger charge is -2.13. The number of nitrogen functional groups attached to an aromatic ring is 1. The van der Waals surface area contributed by atoms with Crippen LogP contribution >= 0.6 is 11.6 Å². The third-order valence-corrected chi connectivity index (χ3v) is 2.68.